The number of hydrogen-bond donors (Lipinski definition) is 6. The molecule has 12 heteroatoms. The normalized spacial score (nSPS) is 23.7. The van der Waals surface area contributed by atoms with Crippen LogP contribution in [0.5, 0.6) is 11.5 Å². The van der Waals surface area contributed by atoms with Crippen molar-refractivity contribution in [3.63, 3.8) is 0 Å². The lowest BCUT2D eigenvalue weighted by molar-refractivity contribution is -0.153. The number of methoxy groups -OCH3 is 1. The van der Waals surface area contributed by atoms with Gasteiger partial charge in [-0.1, -0.05) is 25.5 Å². The summed E-state index contributed by atoms with van der Waals surface area (Å²) < 4.78 is 11.4. The van der Waals surface area contributed by atoms with E-state index in [0.29, 0.717) is 30.0 Å². The average molecular weight is 664 g/mol. The molecule has 48 heavy (non-hydrogen) atoms. The van der Waals surface area contributed by atoms with Crippen LogP contribution in [0.4, 0.5) is 0 Å². The number of aliphatic hydroxyl groups is 3. The first-order valence-corrected chi connectivity index (χ1v) is 16.3. The van der Waals surface area contributed by atoms with Gasteiger partial charge in [-0.3, -0.25) is 19.3 Å². The van der Waals surface area contributed by atoms with Gasteiger partial charge in [0.1, 0.15) is 28.6 Å². The largest absolute Gasteiger partial charge is 0.508 e. The number of ether oxygens (including phenoxy) is 2. The van der Waals surface area contributed by atoms with Gasteiger partial charge < -0.3 is 41.0 Å². The van der Waals surface area contributed by atoms with Crippen molar-refractivity contribution in [3.8, 4) is 22.6 Å². The number of benzene rings is 2. The van der Waals surface area contributed by atoms with Crippen molar-refractivity contribution in [1.82, 2.24) is 10.2 Å². The van der Waals surface area contributed by atoms with Crippen LogP contribution in [0.1, 0.15) is 49.3 Å². The number of likely N-dealkylation sites (N-methyl/N-ethyl adjacent to an activating group) is 1. The quantitative estimate of drug-likeness (QED) is 0.136. The summed E-state index contributed by atoms with van der Waals surface area (Å²) in [7, 11) is 4.69. The van der Waals surface area contributed by atoms with Gasteiger partial charge in [-0.2, -0.15) is 0 Å². The van der Waals surface area contributed by atoms with Crippen molar-refractivity contribution < 1.29 is 44.3 Å². The Morgan fingerprint density at radius 1 is 1.08 bits per heavy atom. The Bertz CT molecular complexity index is 1680. The molecule has 4 atom stereocenters. The number of amides is 1. The van der Waals surface area contributed by atoms with Gasteiger partial charge in [-0.15, -0.1) is 0 Å². The van der Waals surface area contributed by atoms with E-state index >= 15 is 0 Å². The highest BCUT2D eigenvalue weighted by Gasteiger charge is 2.64. The fourth-order valence-corrected chi connectivity index (χ4v) is 7.45. The minimum absolute atomic E-state index is 0.00408. The number of ketones is 2. The second kappa shape index (κ2) is 14.1. The van der Waals surface area contributed by atoms with E-state index in [2.05, 4.69) is 12.2 Å². The molecule has 12 nitrogen and oxygen atoms in total. The number of hydrogen-bond acceptors (Lipinski definition) is 11. The van der Waals surface area contributed by atoms with E-state index in [1.165, 1.54) is 11.0 Å². The number of unbranched alkanes of at least 4 members (excludes halogenated alkanes) is 1. The van der Waals surface area contributed by atoms with E-state index in [4.69, 9.17) is 15.2 Å². The molecule has 0 aromatic heterocycles. The fraction of sp³-hybridized carbons (Fsp3) is 0.472. The number of nitrogens with one attached hydrogen (secondary N) is 1. The van der Waals surface area contributed by atoms with Gasteiger partial charge in [0, 0.05) is 36.8 Å². The fourth-order valence-electron chi connectivity index (χ4n) is 7.45. The minimum Gasteiger partial charge on any atom is -0.508 e. The van der Waals surface area contributed by atoms with Crippen LogP contribution >= 0.6 is 0 Å². The van der Waals surface area contributed by atoms with Crippen molar-refractivity contribution in [2.75, 3.05) is 41.0 Å². The summed E-state index contributed by atoms with van der Waals surface area (Å²) in [6.45, 7) is 4.94. The number of nitrogens with two attached hydrogens (primary N) is 1. The third-order valence-electron chi connectivity index (χ3n) is 9.77. The Kier molecular flexibility index (Phi) is 10.3. The predicted molar refractivity (Wildman–Crippen MR) is 178 cm³/mol. The lowest BCUT2D eigenvalue weighted by Gasteiger charge is -2.50. The topological polar surface area (TPSA) is 192 Å². The monoisotopic (exact) mass is 663 g/mol. The summed E-state index contributed by atoms with van der Waals surface area (Å²) in [6, 6.07) is 7.79. The van der Waals surface area contributed by atoms with Crippen LogP contribution in [0.2, 0.25) is 0 Å². The molecule has 0 aliphatic heterocycles. The maximum Gasteiger partial charge on any atom is 0.255 e. The number of phenolic OH excluding ortho intramolecular Hbond substituents is 1. The molecule has 3 aliphatic rings. The molecule has 0 heterocycles. The lowest BCUT2D eigenvalue weighted by Crippen LogP contribution is -2.65. The molecule has 3 aliphatic carbocycles. The van der Waals surface area contributed by atoms with Crippen molar-refractivity contribution in [2.45, 2.75) is 57.2 Å². The van der Waals surface area contributed by atoms with E-state index in [0.717, 1.165) is 43.5 Å². The highest BCUT2D eigenvalue weighted by molar-refractivity contribution is 6.24. The smallest absolute Gasteiger partial charge is 0.255 e. The molecule has 5 rings (SSSR count). The first kappa shape index (κ1) is 35.1. The highest BCUT2D eigenvalue weighted by Crippen LogP contribution is 2.54. The summed E-state index contributed by atoms with van der Waals surface area (Å²) >= 11 is 0. The standard InChI is InChI=1S/C36H45N3O9/c1-5-6-13-48-14-7-12-38-18-19-8-11-26(47-4)22(15-19)21-9-10-25(40)28-23(21)16-20-17-24-30(39(2)3)32(42)29(35(37)45)34(44)36(24,46)33(43)27(20)31(28)41/h8-11,15,20,24,30,38,40-41,44,46H,5-7,12-14,16-18H2,1-4H3,(H2,37,45)/t20-,24-,30?,36-/m0/s1. The molecule has 1 saturated carbocycles. The van der Waals surface area contributed by atoms with Crippen LogP contribution in [-0.4, -0.2) is 95.4 Å². The molecule has 2 aromatic carbocycles. The Hall–Kier alpha value is -4.23. The zero-order valence-corrected chi connectivity index (χ0v) is 27.8. The summed E-state index contributed by atoms with van der Waals surface area (Å²) in [6.07, 6.45) is 3.19. The van der Waals surface area contributed by atoms with Crippen LogP contribution < -0.4 is 15.8 Å². The number of rotatable bonds is 13. The number of nitrogens with zero attached hydrogens (tertiary/aromatic N) is 1. The van der Waals surface area contributed by atoms with Crippen molar-refractivity contribution >= 4 is 23.2 Å². The number of primary amides is 1. The van der Waals surface area contributed by atoms with E-state index in [-0.39, 0.29) is 29.7 Å². The first-order valence-electron chi connectivity index (χ1n) is 16.3. The Morgan fingerprint density at radius 2 is 1.81 bits per heavy atom. The van der Waals surface area contributed by atoms with Gasteiger partial charge in [-0.25, -0.2) is 0 Å². The van der Waals surface area contributed by atoms with Gasteiger partial charge in [-0.05, 0) is 87.1 Å². The van der Waals surface area contributed by atoms with E-state index in [9.17, 15) is 34.8 Å². The van der Waals surface area contributed by atoms with Gasteiger partial charge in [0.05, 0.1) is 18.7 Å². The SMILES string of the molecule is CCCCOCCCNCc1ccc(OC)c(-c2ccc(O)c3c2C[C@H]2C[C@H]4C(N(C)C)C(=O)C(C(N)=O)=C(O)[C@@]4(O)C(=O)C2=C3O)c1. The minimum atomic E-state index is -2.69. The van der Waals surface area contributed by atoms with Gasteiger partial charge in [0.15, 0.2) is 11.4 Å². The van der Waals surface area contributed by atoms with Crippen LogP contribution in [-0.2, 0) is 32.1 Å². The van der Waals surface area contributed by atoms with Crippen LogP contribution in [0.25, 0.3) is 16.9 Å². The number of aromatic hydroxyl groups is 1. The molecule has 0 saturated heterocycles. The molecule has 1 unspecified atom stereocenters. The van der Waals surface area contributed by atoms with Gasteiger partial charge in [0.2, 0.25) is 5.78 Å². The highest BCUT2D eigenvalue weighted by atomic mass is 16.5. The number of carbonyl (C=O) groups excluding carboxylic acids is 3. The van der Waals surface area contributed by atoms with Gasteiger partial charge >= 0.3 is 0 Å². The Balaban J connectivity index is 1.53. The van der Waals surface area contributed by atoms with E-state index in [1.54, 1.807) is 27.3 Å². The van der Waals surface area contributed by atoms with Crippen LogP contribution in [0.15, 0.2) is 47.2 Å². The Morgan fingerprint density at radius 3 is 2.48 bits per heavy atom. The summed E-state index contributed by atoms with van der Waals surface area (Å²) in [5.74, 6) is -6.32. The summed E-state index contributed by atoms with van der Waals surface area (Å²) in [5, 5.41) is 49.0. The van der Waals surface area contributed by atoms with E-state index in [1.807, 2.05) is 18.2 Å². The zero-order valence-electron chi connectivity index (χ0n) is 27.8. The second-order valence-electron chi connectivity index (χ2n) is 13.0. The average Bonchev–Trinajstić information content (AvgIpc) is 3.03. The number of aliphatic hydroxyl groups excluding tert-OH is 2. The van der Waals surface area contributed by atoms with Crippen LogP contribution in [0.3, 0.4) is 0 Å². The number of Topliss-reactive ketones (excluding diaryl/α,β-unsaturated/α-hetero) is 2. The predicted octanol–water partition coefficient (Wildman–Crippen LogP) is 2.94. The molecule has 1 fully saturated rings. The van der Waals surface area contributed by atoms with Crippen molar-refractivity contribution in [3.05, 3.63) is 63.9 Å². The molecule has 2 aromatic rings. The third-order valence-corrected chi connectivity index (χ3v) is 9.77. The van der Waals surface area contributed by atoms with Gasteiger partial charge in [0.25, 0.3) is 5.91 Å². The van der Waals surface area contributed by atoms with E-state index < -0.39 is 58.0 Å². The molecule has 0 bridgehead atoms. The van der Waals surface area contributed by atoms with Crippen LogP contribution in [0, 0.1) is 11.8 Å². The maximum absolute atomic E-state index is 14.2. The molecular weight excluding hydrogens is 618 g/mol. The molecule has 1 amide bonds. The first-order chi connectivity index (χ1) is 22.9. The van der Waals surface area contributed by atoms with Crippen molar-refractivity contribution in [2.24, 2.45) is 17.6 Å². The second-order valence-corrected chi connectivity index (χ2v) is 13.0. The molecule has 0 spiro atoms. The molecule has 7 N–H and O–H groups in total. The third kappa shape index (κ3) is 5.98. The molecular formula is C36H45N3O9. The van der Waals surface area contributed by atoms with Crippen molar-refractivity contribution in [1.29, 1.82) is 0 Å². The lowest BCUT2D eigenvalue weighted by atomic mass is 9.57. The Labute approximate surface area is 279 Å². The molecule has 258 valence electrons. The molecule has 0 radical (unpaired) electrons. The number of fused-ring (bicyclic) bond motifs is 3. The number of carbonyl (C=O) groups is 3. The maximum atomic E-state index is 14.2. The summed E-state index contributed by atoms with van der Waals surface area (Å²) in [5.41, 5.74) is 4.65. The summed E-state index contributed by atoms with van der Waals surface area (Å²) in [4.78, 5) is 41.3. The number of phenols is 1. The zero-order chi connectivity index (χ0) is 34.9.